The number of allylic oxidation sites excluding steroid dienone is 6. The smallest absolute Gasteiger partial charge is 0.335 e. The zero-order valence-electron chi connectivity index (χ0n) is 27.1. The molecule has 2 aliphatic rings. The third-order valence-corrected chi connectivity index (χ3v) is 9.38. The van der Waals surface area contributed by atoms with E-state index in [4.69, 9.17) is 0 Å². The van der Waals surface area contributed by atoms with Crippen molar-refractivity contribution in [3.8, 4) is 0 Å². The first-order valence-corrected chi connectivity index (χ1v) is 15.8. The van der Waals surface area contributed by atoms with Gasteiger partial charge in [-0.05, 0) is 61.4 Å². The van der Waals surface area contributed by atoms with Gasteiger partial charge in [-0.25, -0.2) is 9.59 Å². The van der Waals surface area contributed by atoms with Gasteiger partial charge in [0.2, 0.25) is 5.69 Å². The van der Waals surface area contributed by atoms with E-state index in [2.05, 4.69) is 73.6 Å². The van der Waals surface area contributed by atoms with Crippen molar-refractivity contribution in [1.29, 1.82) is 0 Å². The van der Waals surface area contributed by atoms with E-state index >= 15 is 0 Å². The van der Waals surface area contributed by atoms with Gasteiger partial charge in [-0.2, -0.15) is 4.58 Å². The lowest BCUT2D eigenvalue weighted by atomic mass is 9.81. The average molecular weight is 624 g/mol. The Kier molecular flexibility index (Phi) is 8.29. The van der Waals surface area contributed by atoms with Gasteiger partial charge in [-0.1, -0.05) is 92.7 Å². The largest absolute Gasteiger partial charge is 0.478 e. The summed E-state index contributed by atoms with van der Waals surface area (Å²) in [7, 11) is 0. The molecule has 6 heteroatoms. The van der Waals surface area contributed by atoms with Gasteiger partial charge in [0.25, 0.3) is 0 Å². The zero-order valence-corrected chi connectivity index (χ0v) is 27.1. The minimum Gasteiger partial charge on any atom is -0.478 e. The molecule has 0 saturated heterocycles. The number of nitrogens with zero attached hydrogens (tertiary/aromatic N) is 2. The van der Waals surface area contributed by atoms with Crippen LogP contribution in [0.1, 0.15) is 70.7 Å². The topological polar surface area (TPSA) is 80.9 Å². The summed E-state index contributed by atoms with van der Waals surface area (Å²) >= 11 is 0. The molecule has 4 aromatic rings. The Hall–Kier alpha value is -5.49. The Morgan fingerprint density at radius 2 is 1.30 bits per heavy atom. The Bertz CT molecular complexity index is 1980. The summed E-state index contributed by atoms with van der Waals surface area (Å²) in [6.07, 6.45) is 10.3. The fraction of sp³-hybridized carbons (Fsp3) is 0.195. The molecular weight excluding hydrogens is 584 g/mol. The third kappa shape index (κ3) is 5.95. The van der Waals surface area contributed by atoms with Crippen LogP contribution in [0, 0.1) is 0 Å². The second kappa shape index (κ2) is 12.4. The molecule has 2 N–H and O–H groups in total. The van der Waals surface area contributed by atoms with Crippen LogP contribution in [0.4, 0.5) is 11.4 Å². The SMILES string of the molecule is CC1(C)C(/C=C/C=C/C=C2/N(Cc3ccccc3)c3ccc(C(=O)O)cc3C2(C)C)=[N+](Cc2ccccc2)c2ccc(C(=O)O)cc21. The monoisotopic (exact) mass is 623 g/mol. The summed E-state index contributed by atoms with van der Waals surface area (Å²) in [5, 5.41) is 19.4. The maximum absolute atomic E-state index is 11.8. The van der Waals surface area contributed by atoms with E-state index in [1.165, 1.54) is 0 Å². The van der Waals surface area contributed by atoms with E-state index < -0.39 is 22.8 Å². The average Bonchev–Trinajstić information content (AvgIpc) is 3.39. The first-order chi connectivity index (χ1) is 22.5. The van der Waals surface area contributed by atoms with Crippen molar-refractivity contribution in [3.05, 3.63) is 167 Å². The van der Waals surface area contributed by atoms with Crippen molar-refractivity contribution in [3.63, 3.8) is 0 Å². The van der Waals surface area contributed by atoms with E-state index in [0.29, 0.717) is 13.1 Å². The zero-order chi connectivity index (χ0) is 33.3. The number of fused-ring (bicyclic) bond motifs is 2. The maximum Gasteiger partial charge on any atom is 0.335 e. The number of hydrogen-bond donors (Lipinski definition) is 2. The van der Waals surface area contributed by atoms with Gasteiger partial charge in [0.1, 0.15) is 0 Å². The van der Waals surface area contributed by atoms with E-state index in [-0.39, 0.29) is 11.1 Å². The minimum absolute atomic E-state index is 0.281. The van der Waals surface area contributed by atoms with Crippen molar-refractivity contribution in [2.24, 2.45) is 0 Å². The summed E-state index contributed by atoms with van der Waals surface area (Å²) in [6.45, 7) is 9.88. The van der Waals surface area contributed by atoms with Gasteiger partial charge in [0.05, 0.1) is 16.5 Å². The van der Waals surface area contributed by atoms with Gasteiger partial charge < -0.3 is 15.1 Å². The molecule has 0 fully saturated rings. The summed E-state index contributed by atoms with van der Waals surface area (Å²) in [5.74, 6) is -1.87. The number of benzene rings is 4. The minimum atomic E-state index is -0.935. The second-order valence-electron chi connectivity index (χ2n) is 13.1. The number of hydrogen-bond acceptors (Lipinski definition) is 3. The first kappa shape index (κ1) is 31.5. The molecule has 4 aromatic carbocycles. The Morgan fingerprint density at radius 1 is 0.702 bits per heavy atom. The number of aromatic carboxylic acids is 2. The molecule has 2 heterocycles. The number of anilines is 1. The first-order valence-electron chi connectivity index (χ1n) is 15.8. The van der Waals surface area contributed by atoms with Crippen molar-refractivity contribution in [1.82, 2.24) is 0 Å². The fourth-order valence-electron chi connectivity index (χ4n) is 6.85. The van der Waals surface area contributed by atoms with E-state index in [1.54, 1.807) is 24.3 Å². The van der Waals surface area contributed by atoms with Crippen molar-refractivity contribution in [2.75, 3.05) is 4.90 Å². The van der Waals surface area contributed by atoms with E-state index in [1.807, 2.05) is 66.8 Å². The lowest BCUT2D eigenvalue weighted by molar-refractivity contribution is -0.455. The van der Waals surface area contributed by atoms with Crippen LogP contribution in [0.5, 0.6) is 0 Å². The van der Waals surface area contributed by atoms with Gasteiger partial charge in [-0.15, -0.1) is 0 Å². The van der Waals surface area contributed by atoms with Gasteiger partial charge in [0.15, 0.2) is 12.3 Å². The quantitative estimate of drug-likeness (QED) is 0.144. The predicted molar refractivity (Wildman–Crippen MR) is 187 cm³/mol. The van der Waals surface area contributed by atoms with E-state index in [0.717, 1.165) is 45.0 Å². The highest BCUT2D eigenvalue weighted by molar-refractivity contribution is 6.04. The van der Waals surface area contributed by atoms with Gasteiger partial charge >= 0.3 is 11.9 Å². The molecule has 0 aromatic heterocycles. The maximum atomic E-state index is 11.8. The number of rotatable bonds is 9. The summed E-state index contributed by atoms with van der Waals surface area (Å²) in [6, 6.07) is 31.3. The molecule has 2 aliphatic heterocycles. The lowest BCUT2D eigenvalue weighted by Gasteiger charge is -2.27. The molecule has 0 radical (unpaired) electrons. The second-order valence-corrected chi connectivity index (χ2v) is 13.1. The van der Waals surface area contributed by atoms with Crippen LogP contribution < -0.4 is 4.90 Å². The Labute approximate surface area is 276 Å². The molecule has 0 atom stereocenters. The molecule has 6 nitrogen and oxygen atoms in total. The molecule has 0 spiro atoms. The molecule has 0 unspecified atom stereocenters. The standard InChI is InChI=1S/C41H38N2O4/c1-40(2)32-24-30(38(44)45)20-22-34(32)42(26-28-14-8-5-9-15-28)36(40)18-12-7-13-19-37-41(3,4)33-25-31(39(46)47)21-23-35(33)43(37)27-29-16-10-6-11-17-29/h5-25H,26-27H2,1-4H3,(H-,44,45,46,47)/p+1. The van der Waals surface area contributed by atoms with Crippen LogP contribution in [-0.4, -0.2) is 32.4 Å². The van der Waals surface area contributed by atoms with Gasteiger partial charge in [-0.3, -0.25) is 0 Å². The number of carboxylic acid groups (broad SMARTS) is 2. The van der Waals surface area contributed by atoms with Crippen LogP contribution in [0.3, 0.4) is 0 Å². The Balaban J connectivity index is 1.35. The lowest BCUT2D eigenvalue weighted by Crippen LogP contribution is -2.27. The normalized spacial score (nSPS) is 17.1. The molecule has 236 valence electrons. The summed E-state index contributed by atoms with van der Waals surface area (Å²) < 4.78 is 2.28. The summed E-state index contributed by atoms with van der Waals surface area (Å²) in [5.41, 5.74) is 8.22. The molecule has 0 saturated carbocycles. The predicted octanol–water partition coefficient (Wildman–Crippen LogP) is 8.65. The van der Waals surface area contributed by atoms with Crippen molar-refractivity contribution < 1.29 is 24.4 Å². The van der Waals surface area contributed by atoms with Crippen molar-refractivity contribution in [2.45, 2.75) is 51.6 Å². The molecule has 6 rings (SSSR count). The van der Waals surface area contributed by atoms with Crippen LogP contribution in [0.15, 0.2) is 133 Å². The number of carboxylic acids is 2. The third-order valence-electron chi connectivity index (χ3n) is 9.38. The highest BCUT2D eigenvalue weighted by atomic mass is 16.4. The molecule has 0 aliphatic carbocycles. The number of carbonyl (C=O) groups is 2. The van der Waals surface area contributed by atoms with Gasteiger partial charge in [0, 0.05) is 46.6 Å². The highest BCUT2D eigenvalue weighted by Crippen LogP contribution is 2.49. The van der Waals surface area contributed by atoms with Crippen LogP contribution in [-0.2, 0) is 23.9 Å². The van der Waals surface area contributed by atoms with Crippen LogP contribution in [0.25, 0.3) is 0 Å². The molecular formula is C41H39N2O4+. The van der Waals surface area contributed by atoms with E-state index in [9.17, 15) is 19.8 Å². The van der Waals surface area contributed by atoms with Crippen molar-refractivity contribution >= 4 is 29.0 Å². The summed E-state index contributed by atoms with van der Waals surface area (Å²) in [4.78, 5) is 25.9. The fourth-order valence-corrected chi connectivity index (χ4v) is 6.85. The highest BCUT2D eigenvalue weighted by Gasteiger charge is 2.45. The molecule has 0 bridgehead atoms. The van der Waals surface area contributed by atoms with Crippen LogP contribution in [0.2, 0.25) is 0 Å². The van der Waals surface area contributed by atoms with Crippen LogP contribution >= 0.6 is 0 Å². The molecule has 0 amide bonds. The Morgan fingerprint density at radius 3 is 1.94 bits per heavy atom. The molecule has 47 heavy (non-hydrogen) atoms.